The first-order valence-corrected chi connectivity index (χ1v) is 10.2. The molecule has 0 aliphatic heterocycles. The Hall–Kier alpha value is -1.56. The van der Waals surface area contributed by atoms with Gasteiger partial charge in [-0.1, -0.05) is 25.3 Å². The topological polar surface area (TPSA) is 65.5 Å². The van der Waals surface area contributed by atoms with Crippen molar-refractivity contribution in [3.05, 3.63) is 22.4 Å². The lowest BCUT2D eigenvalue weighted by atomic mass is 9.73. The van der Waals surface area contributed by atoms with Gasteiger partial charge in [0.25, 0.3) is 0 Å². The number of thiophene rings is 1. The first-order chi connectivity index (χ1) is 12.1. The summed E-state index contributed by atoms with van der Waals surface area (Å²) in [4.78, 5) is 17.5. The normalized spacial score (nSPS) is 17.4. The average molecular weight is 365 g/mol. The van der Waals surface area contributed by atoms with E-state index in [2.05, 4.69) is 38.5 Å². The fraction of sp³-hybridized carbons (Fsp3) is 0.684. The van der Waals surface area contributed by atoms with E-state index in [9.17, 15) is 4.79 Å². The zero-order chi connectivity index (χ0) is 18.1. The molecule has 1 aromatic heterocycles. The van der Waals surface area contributed by atoms with Crippen LogP contribution in [0.25, 0.3) is 0 Å². The Morgan fingerprint density at radius 1 is 1.28 bits per heavy atom. The van der Waals surface area contributed by atoms with Gasteiger partial charge in [-0.25, -0.2) is 0 Å². The summed E-state index contributed by atoms with van der Waals surface area (Å²) in [5.74, 6) is 0.846. The number of rotatable bonds is 7. The lowest BCUT2D eigenvalue weighted by Gasteiger charge is -2.37. The number of nitrogens with zero attached hydrogens (tertiary/aromatic N) is 1. The molecule has 0 radical (unpaired) electrons. The van der Waals surface area contributed by atoms with Crippen LogP contribution in [-0.2, 0) is 10.2 Å². The zero-order valence-corrected chi connectivity index (χ0v) is 16.5. The number of hydrogen-bond acceptors (Lipinski definition) is 3. The molecule has 2 rings (SSSR count). The molecular formula is C19H32N4OS. The Morgan fingerprint density at radius 3 is 2.64 bits per heavy atom. The van der Waals surface area contributed by atoms with Gasteiger partial charge in [0, 0.05) is 42.9 Å². The van der Waals surface area contributed by atoms with Gasteiger partial charge >= 0.3 is 0 Å². The SMILES string of the molecule is CN=C(NCCC(=O)NC(C)C)NCC1(c2cccs2)CCCCC1. The number of hydrogen-bond donors (Lipinski definition) is 3. The average Bonchev–Trinajstić information content (AvgIpc) is 3.13. The van der Waals surface area contributed by atoms with Crippen LogP contribution >= 0.6 is 11.3 Å². The summed E-state index contributed by atoms with van der Waals surface area (Å²) in [6, 6.07) is 4.60. The summed E-state index contributed by atoms with van der Waals surface area (Å²) in [6.45, 7) is 5.43. The van der Waals surface area contributed by atoms with Gasteiger partial charge in [0.2, 0.25) is 5.91 Å². The van der Waals surface area contributed by atoms with E-state index in [0.29, 0.717) is 13.0 Å². The maximum atomic E-state index is 11.7. The standard InChI is InChI=1S/C19H32N4OS/c1-15(2)23-17(24)9-12-21-18(20-3)22-14-19(10-5-4-6-11-19)16-8-7-13-25-16/h7-8,13,15H,4-6,9-12,14H2,1-3H3,(H,23,24)(H2,20,21,22). The largest absolute Gasteiger partial charge is 0.356 e. The van der Waals surface area contributed by atoms with Crippen LogP contribution in [0.4, 0.5) is 0 Å². The molecule has 1 aliphatic carbocycles. The first-order valence-electron chi connectivity index (χ1n) is 9.33. The Kier molecular flexibility index (Phi) is 7.75. The number of guanidine groups is 1. The zero-order valence-electron chi connectivity index (χ0n) is 15.7. The molecule has 1 fully saturated rings. The van der Waals surface area contributed by atoms with Crippen LogP contribution in [0.3, 0.4) is 0 Å². The van der Waals surface area contributed by atoms with E-state index in [1.165, 1.54) is 37.0 Å². The Balaban J connectivity index is 1.85. The summed E-state index contributed by atoms with van der Waals surface area (Å²) in [5, 5.41) is 11.8. The van der Waals surface area contributed by atoms with E-state index in [1.54, 1.807) is 7.05 Å². The van der Waals surface area contributed by atoms with Crippen molar-refractivity contribution < 1.29 is 4.79 Å². The summed E-state index contributed by atoms with van der Waals surface area (Å²) in [6.07, 6.45) is 6.84. The van der Waals surface area contributed by atoms with Crippen LogP contribution in [-0.4, -0.2) is 38.0 Å². The Bertz CT molecular complexity index is 548. The van der Waals surface area contributed by atoms with Gasteiger partial charge in [-0.2, -0.15) is 0 Å². The Labute approximate surface area is 155 Å². The number of amides is 1. The molecule has 0 atom stereocenters. The van der Waals surface area contributed by atoms with Gasteiger partial charge in [-0.05, 0) is 38.1 Å². The van der Waals surface area contributed by atoms with E-state index >= 15 is 0 Å². The lowest BCUT2D eigenvalue weighted by Crippen LogP contribution is -2.47. The maximum Gasteiger partial charge on any atom is 0.221 e. The van der Waals surface area contributed by atoms with Crippen molar-refractivity contribution in [1.29, 1.82) is 0 Å². The van der Waals surface area contributed by atoms with Crippen LogP contribution in [0, 0.1) is 0 Å². The molecule has 0 saturated heterocycles. The highest BCUT2D eigenvalue weighted by molar-refractivity contribution is 7.10. The minimum atomic E-state index is 0.0697. The van der Waals surface area contributed by atoms with Crippen molar-refractivity contribution in [2.24, 2.45) is 4.99 Å². The Morgan fingerprint density at radius 2 is 2.04 bits per heavy atom. The molecule has 5 nitrogen and oxygen atoms in total. The minimum absolute atomic E-state index is 0.0697. The van der Waals surface area contributed by atoms with E-state index in [-0.39, 0.29) is 17.4 Å². The molecule has 1 aliphatic rings. The van der Waals surface area contributed by atoms with Gasteiger partial charge in [-0.3, -0.25) is 9.79 Å². The van der Waals surface area contributed by atoms with Crippen LogP contribution in [0.5, 0.6) is 0 Å². The molecular weight excluding hydrogens is 332 g/mol. The predicted molar refractivity (Wildman–Crippen MR) is 106 cm³/mol. The summed E-state index contributed by atoms with van der Waals surface area (Å²) in [5.41, 5.74) is 0.221. The van der Waals surface area contributed by atoms with Crippen molar-refractivity contribution in [3.8, 4) is 0 Å². The molecule has 0 bridgehead atoms. The molecule has 6 heteroatoms. The second-order valence-electron chi connectivity index (χ2n) is 7.14. The molecule has 1 amide bonds. The number of aliphatic imine (C=N–C) groups is 1. The van der Waals surface area contributed by atoms with Gasteiger partial charge in [0.1, 0.15) is 0 Å². The molecule has 1 heterocycles. The highest BCUT2D eigenvalue weighted by atomic mass is 32.1. The van der Waals surface area contributed by atoms with Crippen molar-refractivity contribution in [2.45, 2.75) is 63.8 Å². The third-order valence-electron chi connectivity index (χ3n) is 4.77. The van der Waals surface area contributed by atoms with Crippen LogP contribution < -0.4 is 16.0 Å². The lowest BCUT2D eigenvalue weighted by molar-refractivity contribution is -0.121. The van der Waals surface area contributed by atoms with E-state index in [4.69, 9.17) is 0 Å². The summed E-state index contributed by atoms with van der Waals surface area (Å²) >= 11 is 1.86. The van der Waals surface area contributed by atoms with Crippen LogP contribution in [0.15, 0.2) is 22.5 Å². The number of nitrogens with one attached hydrogen (secondary N) is 3. The molecule has 140 valence electrons. The van der Waals surface area contributed by atoms with Crippen molar-refractivity contribution in [2.75, 3.05) is 20.1 Å². The predicted octanol–water partition coefficient (Wildman–Crippen LogP) is 3.03. The van der Waals surface area contributed by atoms with Crippen LogP contribution in [0.2, 0.25) is 0 Å². The molecule has 1 aromatic rings. The smallest absolute Gasteiger partial charge is 0.221 e. The number of carbonyl (C=O) groups is 1. The summed E-state index contributed by atoms with van der Waals surface area (Å²) in [7, 11) is 1.78. The fourth-order valence-corrected chi connectivity index (χ4v) is 4.47. The van der Waals surface area contributed by atoms with E-state index in [1.807, 2.05) is 25.2 Å². The molecule has 0 unspecified atom stereocenters. The first kappa shape index (κ1) is 19.8. The highest BCUT2D eigenvalue weighted by Gasteiger charge is 2.34. The van der Waals surface area contributed by atoms with E-state index in [0.717, 1.165) is 12.5 Å². The van der Waals surface area contributed by atoms with Gasteiger partial charge < -0.3 is 16.0 Å². The van der Waals surface area contributed by atoms with Gasteiger partial charge in [0.05, 0.1) is 0 Å². The monoisotopic (exact) mass is 364 g/mol. The van der Waals surface area contributed by atoms with Gasteiger partial charge in [0.15, 0.2) is 5.96 Å². The molecule has 3 N–H and O–H groups in total. The van der Waals surface area contributed by atoms with Gasteiger partial charge in [-0.15, -0.1) is 11.3 Å². The molecule has 1 saturated carbocycles. The number of carbonyl (C=O) groups excluding carboxylic acids is 1. The van der Waals surface area contributed by atoms with Crippen molar-refractivity contribution in [3.63, 3.8) is 0 Å². The third kappa shape index (κ3) is 6.03. The molecule has 0 aromatic carbocycles. The minimum Gasteiger partial charge on any atom is -0.356 e. The second-order valence-corrected chi connectivity index (χ2v) is 8.09. The maximum absolute atomic E-state index is 11.7. The fourth-order valence-electron chi connectivity index (χ4n) is 3.48. The molecule has 25 heavy (non-hydrogen) atoms. The third-order valence-corrected chi connectivity index (χ3v) is 5.88. The summed E-state index contributed by atoms with van der Waals surface area (Å²) < 4.78 is 0. The highest BCUT2D eigenvalue weighted by Crippen LogP contribution is 2.41. The van der Waals surface area contributed by atoms with Crippen molar-refractivity contribution >= 4 is 23.2 Å². The quantitative estimate of drug-likeness (QED) is 0.515. The van der Waals surface area contributed by atoms with E-state index < -0.39 is 0 Å². The second kappa shape index (κ2) is 9.80. The van der Waals surface area contributed by atoms with Crippen molar-refractivity contribution in [1.82, 2.24) is 16.0 Å². The van der Waals surface area contributed by atoms with Crippen LogP contribution in [0.1, 0.15) is 57.2 Å². The molecule has 0 spiro atoms.